The van der Waals surface area contributed by atoms with Crippen molar-refractivity contribution >= 4 is 40.1 Å². The van der Waals surface area contributed by atoms with Gasteiger partial charge in [0.2, 0.25) is 0 Å². The minimum absolute atomic E-state index is 0.178. The van der Waals surface area contributed by atoms with Crippen molar-refractivity contribution in [1.82, 2.24) is 4.57 Å². The van der Waals surface area contributed by atoms with Gasteiger partial charge in [-0.05, 0) is 54.0 Å². The number of thiazole rings is 1. The van der Waals surface area contributed by atoms with Crippen LogP contribution in [0.4, 0.5) is 0 Å². The molecule has 9 nitrogen and oxygen atoms in total. The molecule has 3 aromatic carbocycles. The molecular weight excluding hydrogens is 556 g/mol. The molecule has 0 unspecified atom stereocenters. The first-order chi connectivity index (χ1) is 20.4. The molecule has 1 N–H and O–H groups in total. The third-order valence-electron chi connectivity index (χ3n) is 6.86. The largest absolute Gasteiger partial charge is 0.496 e. The fraction of sp³-hybridized carbons (Fsp3) is 0.250. The summed E-state index contributed by atoms with van der Waals surface area (Å²) in [6, 6.07) is 17.5. The number of aliphatic carboxylic acids is 1. The quantitative estimate of drug-likeness (QED) is 0.277. The Hall–Kier alpha value is -4.70. The van der Waals surface area contributed by atoms with Crippen molar-refractivity contribution in [3.8, 4) is 11.5 Å². The van der Waals surface area contributed by atoms with E-state index in [9.17, 15) is 14.4 Å². The van der Waals surface area contributed by atoms with E-state index in [2.05, 4.69) is 0 Å². The van der Waals surface area contributed by atoms with Crippen LogP contribution in [0.25, 0.3) is 16.8 Å². The third-order valence-corrected chi connectivity index (χ3v) is 7.84. The molecule has 0 spiro atoms. The fourth-order valence-electron chi connectivity index (χ4n) is 5.09. The monoisotopic (exact) mass is 586 g/mol. The Kier molecular flexibility index (Phi) is 8.53. The fourth-order valence-corrected chi connectivity index (χ4v) is 6.11. The summed E-state index contributed by atoms with van der Waals surface area (Å²) in [5.41, 5.74) is 2.02. The van der Waals surface area contributed by atoms with Crippen LogP contribution in [0.3, 0.4) is 0 Å². The zero-order valence-corrected chi connectivity index (χ0v) is 24.3. The summed E-state index contributed by atoms with van der Waals surface area (Å²) in [5.74, 6) is -0.634. The second kappa shape index (κ2) is 12.4. The highest BCUT2D eigenvalue weighted by molar-refractivity contribution is 7.07. The standard InChI is InChI=1S/C32H30N2O7S/c1-4-8-23-28(31(38)40-5-2)29(27-22-10-7-6-9-20(22)13-16-24(27)39-3)34-30(37)25(42-32(34)33-23)17-19-11-14-21(15-12-19)41-18-26(35)36/h6-7,9-17,29H,4-5,8,18H2,1-3H3,(H,35,36)/t29-/m1/s1. The second-order valence-corrected chi connectivity index (χ2v) is 10.6. The number of hydrogen-bond donors (Lipinski definition) is 1. The molecule has 2 heterocycles. The zero-order chi connectivity index (χ0) is 29.8. The topological polar surface area (TPSA) is 116 Å². The van der Waals surface area contributed by atoms with Gasteiger partial charge >= 0.3 is 11.9 Å². The Morgan fingerprint density at radius 1 is 1.07 bits per heavy atom. The van der Waals surface area contributed by atoms with Crippen molar-refractivity contribution in [3.05, 3.63) is 103 Å². The Labute approximate surface area is 245 Å². The third kappa shape index (κ3) is 5.58. The number of carboxylic acids is 1. The molecule has 4 aromatic rings. The summed E-state index contributed by atoms with van der Waals surface area (Å²) < 4.78 is 18.6. The Morgan fingerprint density at radius 3 is 2.52 bits per heavy atom. The molecule has 5 rings (SSSR count). The molecule has 1 atom stereocenters. The minimum Gasteiger partial charge on any atom is -0.496 e. The van der Waals surface area contributed by atoms with Gasteiger partial charge in [0.15, 0.2) is 11.4 Å². The lowest BCUT2D eigenvalue weighted by Gasteiger charge is -2.28. The molecule has 10 heteroatoms. The lowest BCUT2D eigenvalue weighted by atomic mass is 9.90. The number of fused-ring (bicyclic) bond motifs is 2. The van der Waals surface area contributed by atoms with Crippen molar-refractivity contribution < 1.29 is 28.9 Å². The van der Waals surface area contributed by atoms with Gasteiger partial charge in [-0.25, -0.2) is 14.6 Å². The van der Waals surface area contributed by atoms with Gasteiger partial charge in [0.05, 0.1) is 29.5 Å². The zero-order valence-electron chi connectivity index (χ0n) is 23.5. The average Bonchev–Trinajstić information content (AvgIpc) is 3.29. The molecule has 0 aliphatic carbocycles. The summed E-state index contributed by atoms with van der Waals surface area (Å²) in [4.78, 5) is 43.9. The van der Waals surface area contributed by atoms with Crippen LogP contribution in [0.2, 0.25) is 0 Å². The number of esters is 1. The van der Waals surface area contributed by atoms with Gasteiger partial charge < -0.3 is 19.3 Å². The van der Waals surface area contributed by atoms with Crippen LogP contribution in [-0.4, -0.2) is 41.9 Å². The number of carboxylic acid groups (broad SMARTS) is 1. The molecule has 1 aliphatic heterocycles. The van der Waals surface area contributed by atoms with E-state index in [0.717, 1.165) is 22.8 Å². The van der Waals surface area contributed by atoms with Crippen molar-refractivity contribution in [2.75, 3.05) is 20.3 Å². The van der Waals surface area contributed by atoms with E-state index < -0.39 is 24.6 Å². The molecule has 0 amide bonds. The van der Waals surface area contributed by atoms with Crippen LogP contribution in [-0.2, 0) is 14.3 Å². The number of carbonyl (C=O) groups is 2. The van der Waals surface area contributed by atoms with Gasteiger partial charge in [-0.1, -0.05) is 67.1 Å². The van der Waals surface area contributed by atoms with Crippen LogP contribution in [0.1, 0.15) is 43.9 Å². The Bertz CT molecular complexity index is 1870. The maximum absolute atomic E-state index is 14.1. The minimum atomic E-state index is -1.07. The molecule has 0 saturated heterocycles. The van der Waals surface area contributed by atoms with Crippen LogP contribution >= 0.6 is 11.3 Å². The lowest BCUT2D eigenvalue weighted by molar-refractivity contribution is -0.140. The van der Waals surface area contributed by atoms with Gasteiger partial charge in [0.1, 0.15) is 17.5 Å². The van der Waals surface area contributed by atoms with E-state index in [1.165, 1.54) is 11.3 Å². The number of aromatic nitrogens is 1. The summed E-state index contributed by atoms with van der Waals surface area (Å²) in [6.07, 6.45) is 3.02. The van der Waals surface area contributed by atoms with Crippen molar-refractivity contribution in [3.63, 3.8) is 0 Å². The van der Waals surface area contributed by atoms with Crippen LogP contribution in [0.15, 0.2) is 81.7 Å². The molecule has 0 radical (unpaired) electrons. The SMILES string of the molecule is CCCC1=C(C(=O)OCC)[C@@H](c2c(OC)ccc3ccccc23)n2c(sc(=Cc3ccc(OCC(=O)O)cc3)c2=O)=N1. The highest BCUT2D eigenvalue weighted by Gasteiger charge is 2.37. The highest BCUT2D eigenvalue weighted by Crippen LogP contribution is 2.41. The van der Waals surface area contributed by atoms with Gasteiger partial charge in [-0.3, -0.25) is 9.36 Å². The Morgan fingerprint density at radius 2 is 1.83 bits per heavy atom. The lowest BCUT2D eigenvalue weighted by Crippen LogP contribution is -2.40. The molecule has 1 aromatic heterocycles. The van der Waals surface area contributed by atoms with E-state index in [1.54, 1.807) is 48.9 Å². The number of nitrogens with zero attached hydrogens (tertiary/aromatic N) is 2. The molecule has 42 heavy (non-hydrogen) atoms. The molecule has 0 bridgehead atoms. The number of rotatable bonds is 10. The normalized spacial score (nSPS) is 14.8. The summed E-state index contributed by atoms with van der Waals surface area (Å²) in [6.45, 7) is 3.49. The number of carbonyl (C=O) groups excluding carboxylic acids is 1. The summed E-state index contributed by atoms with van der Waals surface area (Å²) >= 11 is 1.24. The molecule has 216 valence electrons. The first-order valence-corrected chi connectivity index (χ1v) is 14.4. The predicted molar refractivity (Wildman–Crippen MR) is 160 cm³/mol. The van der Waals surface area contributed by atoms with E-state index in [1.807, 2.05) is 43.3 Å². The van der Waals surface area contributed by atoms with E-state index in [0.29, 0.717) is 44.1 Å². The number of allylic oxidation sites excluding steroid dienone is 1. The van der Waals surface area contributed by atoms with Gasteiger partial charge in [-0.15, -0.1) is 0 Å². The van der Waals surface area contributed by atoms with Gasteiger partial charge in [0, 0.05) is 5.56 Å². The molecule has 1 aliphatic rings. The van der Waals surface area contributed by atoms with Crippen LogP contribution < -0.4 is 24.4 Å². The van der Waals surface area contributed by atoms with E-state index >= 15 is 0 Å². The van der Waals surface area contributed by atoms with Crippen LogP contribution in [0.5, 0.6) is 11.5 Å². The van der Waals surface area contributed by atoms with E-state index in [-0.39, 0.29) is 12.2 Å². The smallest absolute Gasteiger partial charge is 0.341 e. The summed E-state index contributed by atoms with van der Waals surface area (Å²) in [7, 11) is 1.57. The molecule has 0 fully saturated rings. The highest BCUT2D eigenvalue weighted by atomic mass is 32.1. The maximum atomic E-state index is 14.1. The molecule has 0 saturated carbocycles. The van der Waals surface area contributed by atoms with Gasteiger partial charge in [-0.2, -0.15) is 0 Å². The first-order valence-electron chi connectivity index (χ1n) is 13.6. The maximum Gasteiger partial charge on any atom is 0.341 e. The second-order valence-electron chi connectivity index (χ2n) is 9.57. The number of benzene rings is 3. The van der Waals surface area contributed by atoms with Gasteiger partial charge in [0.25, 0.3) is 5.56 Å². The number of hydrogen-bond acceptors (Lipinski definition) is 8. The van der Waals surface area contributed by atoms with E-state index in [4.69, 9.17) is 24.3 Å². The number of methoxy groups -OCH3 is 1. The van der Waals surface area contributed by atoms with Crippen molar-refractivity contribution in [1.29, 1.82) is 0 Å². The first kappa shape index (κ1) is 28.8. The number of ether oxygens (including phenoxy) is 3. The Balaban J connectivity index is 1.75. The summed E-state index contributed by atoms with van der Waals surface area (Å²) in [5, 5.41) is 10.6. The van der Waals surface area contributed by atoms with Crippen molar-refractivity contribution in [2.45, 2.75) is 32.7 Å². The van der Waals surface area contributed by atoms with Crippen LogP contribution in [0, 0.1) is 0 Å². The predicted octanol–water partition coefficient (Wildman–Crippen LogP) is 4.20. The molecular formula is C32H30N2O7S. The van der Waals surface area contributed by atoms with Crippen molar-refractivity contribution in [2.24, 2.45) is 4.99 Å². The average molecular weight is 587 g/mol.